The number of aromatic nitrogens is 6. The molecule has 0 aromatic carbocycles. The van der Waals surface area contributed by atoms with Crippen LogP contribution in [0.1, 0.15) is 19.3 Å². The van der Waals surface area contributed by atoms with Gasteiger partial charge in [-0.3, -0.25) is 0 Å². The smallest absolute Gasteiger partial charge is 0.258 e. The average molecular weight is 296 g/mol. The van der Waals surface area contributed by atoms with Crippen LogP contribution < -0.4 is 5.32 Å². The van der Waals surface area contributed by atoms with Crippen molar-refractivity contribution in [3.63, 3.8) is 0 Å². The van der Waals surface area contributed by atoms with Crippen LogP contribution in [0.15, 0.2) is 12.7 Å². The number of anilines is 1. The van der Waals surface area contributed by atoms with Crippen LogP contribution in [0.25, 0.3) is 5.95 Å². The minimum Gasteiger partial charge on any atom is -0.376 e. The molecule has 20 heavy (non-hydrogen) atoms. The van der Waals surface area contributed by atoms with Crippen molar-refractivity contribution in [3.8, 4) is 5.95 Å². The van der Waals surface area contributed by atoms with Crippen LogP contribution in [-0.4, -0.2) is 49.0 Å². The fraction of sp³-hybridized carbons (Fsp3) is 0.545. The van der Waals surface area contributed by atoms with Crippen molar-refractivity contribution in [3.05, 3.63) is 17.9 Å². The molecule has 2 heterocycles. The Bertz CT molecular complexity index is 579. The summed E-state index contributed by atoms with van der Waals surface area (Å²) in [5, 5.41) is 7.22. The Labute approximate surface area is 120 Å². The van der Waals surface area contributed by atoms with E-state index in [-0.39, 0.29) is 10.9 Å². The zero-order valence-corrected chi connectivity index (χ0v) is 11.7. The highest BCUT2D eigenvalue weighted by molar-refractivity contribution is 6.28. The monoisotopic (exact) mass is 295 g/mol. The first-order valence-electron chi connectivity index (χ1n) is 6.26. The molecule has 1 aliphatic carbocycles. The Morgan fingerprint density at radius 3 is 2.85 bits per heavy atom. The highest BCUT2D eigenvalue weighted by Crippen LogP contribution is 2.34. The van der Waals surface area contributed by atoms with Gasteiger partial charge in [0.05, 0.1) is 5.60 Å². The second kappa shape index (κ2) is 5.29. The van der Waals surface area contributed by atoms with Gasteiger partial charge < -0.3 is 10.1 Å². The molecule has 0 aliphatic heterocycles. The molecule has 0 atom stereocenters. The Morgan fingerprint density at radius 1 is 1.40 bits per heavy atom. The third-order valence-electron chi connectivity index (χ3n) is 3.49. The molecule has 8 nitrogen and oxygen atoms in total. The molecule has 106 valence electrons. The first-order chi connectivity index (χ1) is 9.71. The Hall–Kier alpha value is -1.80. The molecule has 2 aromatic heterocycles. The van der Waals surface area contributed by atoms with Gasteiger partial charge in [-0.05, 0) is 30.9 Å². The predicted molar refractivity (Wildman–Crippen MR) is 71.8 cm³/mol. The van der Waals surface area contributed by atoms with Gasteiger partial charge in [-0.15, -0.1) is 0 Å². The third-order valence-corrected chi connectivity index (χ3v) is 3.66. The number of halogens is 1. The van der Waals surface area contributed by atoms with Crippen molar-refractivity contribution >= 4 is 17.5 Å². The number of nitrogens with zero attached hydrogens (tertiary/aromatic N) is 6. The number of rotatable bonds is 5. The second-order valence-corrected chi connectivity index (χ2v) is 5.00. The van der Waals surface area contributed by atoms with E-state index in [0.717, 1.165) is 12.8 Å². The topological polar surface area (TPSA) is 90.6 Å². The Balaban J connectivity index is 1.76. The van der Waals surface area contributed by atoms with Crippen LogP contribution in [0, 0.1) is 0 Å². The fourth-order valence-corrected chi connectivity index (χ4v) is 2.25. The zero-order chi connectivity index (χ0) is 14.0. The summed E-state index contributed by atoms with van der Waals surface area (Å²) in [6, 6.07) is 0. The van der Waals surface area contributed by atoms with Crippen LogP contribution in [0.4, 0.5) is 5.95 Å². The molecule has 1 aliphatic rings. The lowest BCUT2D eigenvalue weighted by atomic mass is 9.80. The Morgan fingerprint density at radius 2 is 2.25 bits per heavy atom. The Kier molecular flexibility index (Phi) is 3.49. The van der Waals surface area contributed by atoms with E-state index in [9.17, 15) is 0 Å². The van der Waals surface area contributed by atoms with Crippen LogP contribution in [0.3, 0.4) is 0 Å². The average Bonchev–Trinajstić information content (AvgIpc) is 2.91. The van der Waals surface area contributed by atoms with E-state index in [1.165, 1.54) is 23.8 Å². The fourth-order valence-electron chi connectivity index (χ4n) is 2.10. The van der Waals surface area contributed by atoms with E-state index in [0.29, 0.717) is 18.4 Å². The number of hydrogen-bond donors (Lipinski definition) is 1. The summed E-state index contributed by atoms with van der Waals surface area (Å²) in [5.41, 5.74) is -0.119. The molecule has 0 spiro atoms. The van der Waals surface area contributed by atoms with Crippen molar-refractivity contribution < 1.29 is 4.74 Å². The highest BCUT2D eigenvalue weighted by Gasteiger charge is 2.36. The van der Waals surface area contributed by atoms with Gasteiger partial charge in [0.15, 0.2) is 0 Å². The van der Waals surface area contributed by atoms with Gasteiger partial charge >= 0.3 is 0 Å². The van der Waals surface area contributed by atoms with Crippen LogP contribution in [0.2, 0.25) is 5.28 Å². The second-order valence-electron chi connectivity index (χ2n) is 4.66. The van der Waals surface area contributed by atoms with E-state index < -0.39 is 0 Å². The SMILES string of the molecule is COC1(CNc2nc(Cl)nc(-n3cncn3)n2)CCC1. The number of hydrogen-bond acceptors (Lipinski definition) is 7. The lowest BCUT2D eigenvalue weighted by molar-refractivity contribution is -0.0602. The molecule has 0 unspecified atom stereocenters. The van der Waals surface area contributed by atoms with E-state index in [1.54, 1.807) is 7.11 Å². The summed E-state index contributed by atoms with van der Waals surface area (Å²) in [5.74, 6) is 0.726. The molecule has 1 fully saturated rings. The van der Waals surface area contributed by atoms with Gasteiger partial charge in [-0.1, -0.05) is 0 Å². The van der Waals surface area contributed by atoms with E-state index in [1.807, 2.05) is 0 Å². The minimum atomic E-state index is -0.119. The summed E-state index contributed by atoms with van der Waals surface area (Å²) >= 11 is 5.90. The van der Waals surface area contributed by atoms with E-state index in [2.05, 4.69) is 30.4 Å². The standard InChI is InChI=1S/C11H14ClN7O/c1-20-11(3-2-4-11)5-14-9-16-8(12)17-10(18-9)19-7-13-6-15-19/h6-7H,2-5H2,1H3,(H,14,16,17,18). The molecule has 9 heteroatoms. The molecule has 0 radical (unpaired) electrons. The van der Waals surface area contributed by atoms with Crippen LogP contribution in [0.5, 0.6) is 0 Å². The molecule has 0 bridgehead atoms. The molecular weight excluding hydrogens is 282 g/mol. The number of methoxy groups -OCH3 is 1. The molecule has 0 amide bonds. The first kappa shape index (κ1) is 13.2. The molecule has 1 N–H and O–H groups in total. The summed E-state index contributed by atoms with van der Waals surface area (Å²) in [4.78, 5) is 16.2. The zero-order valence-electron chi connectivity index (χ0n) is 11.0. The minimum absolute atomic E-state index is 0.105. The third kappa shape index (κ3) is 2.56. The van der Waals surface area contributed by atoms with Crippen molar-refractivity contribution in [2.24, 2.45) is 0 Å². The van der Waals surface area contributed by atoms with Gasteiger partial charge in [0.2, 0.25) is 11.2 Å². The van der Waals surface area contributed by atoms with Crippen molar-refractivity contribution in [2.75, 3.05) is 19.0 Å². The quantitative estimate of drug-likeness (QED) is 0.882. The number of nitrogens with one attached hydrogen (secondary N) is 1. The lowest BCUT2D eigenvalue weighted by Gasteiger charge is -2.40. The summed E-state index contributed by atoms with van der Waals surface area (Å²) < 4.78 is 6.96. The molecule has 1 saturated carbocycles. The lowest BCUT2D eigenvalue weighted by Crippen LogP contribution is -2.45. The molecule has 0 saturated heterocycles. The van der Waals surface area contributed by atoms with Crippen molar-refractivity contribution in [1.82, 2.24) is 29.7 Å². The van der Waals surface area contributed by atoms with Crippen LogP contribution in [-0.2, 0) is 4.74 Å². The van der Waals surface area contributed by atoms with E-state index in [4.69, 9.17) is 16.3 Å². The molecule has 2 aromatic rings. The van der Waals surface area contributed by atoms with Gasteiger partial charge in [0, 0.05) is 13.7 Å². The maximum atomic E-state index is 5.90. The van der Waals surface area contributed by atoms with Gasteiger partial charge in [-0.2, -0.15) is 24.7 Å². The number of ether oxygens (including phenoxy) is 1. The molecule has 3 rings (SSSR count). The van der Waals surface area contributed by atoms with Gasteiger partial charge in [0.25, 0.3) is 5.95 Å². The van der Waals surface area contributed by atoms with Crippen molar-refractivity contribution in [1.29, 1.82) is 0 Å². The maximum absolute atomic E-state index is 5.90. The van der Waals surface area contributed by atoms with Gasteiger partial charge in [0.1, 0.15) is 12.7 Å². The summed E-state index contributed by atoms with van der Waals surface area (Å²) in [6.07, 6.45) is 6.14. The van der Waals surface area contributed by atoms with Crippen LogP contribution >= 0.6 is 11.6 Å². The largest absolute Gasteiger partial charge is 0.376 e. The highest BCUT2D eigenvalue weighted by atomic mass is 35.5. The summed E-state index contributed by atoms with van der Waals surface area (Å²) in [7, 11) is 1.72. The molecular formula is C11H14ClN7O. The van der Waals surface area contributed by atoms with Gasteiger partial charge in [-0.25, -0.2) is 4.98 Å². The maximum Gasteiger partial charge on any atom is 0.258 e. The first-order valence-corrected chi connectivity index (χ1v) is 6.64. The normalized spacial score (nSPS) is 16.7. The van der Waals surface area contributed by atoms with Crippen molar-refractivity contribution in [2.45, 2.75) is 24.9 Å². The van der Waals surface area contributed by atoms with E-state index >= 15 is 0 Å². The summed E-state index contributed by atoms with van der Waals surface area (Å²) in [6.45, 7) is 0.640. The predicted octanol–water partition coefficient (Wildman–Crippen LogP) is 1.09.